The van der Waals surface area contributed by atoms with Gasteiger partial charge in [0.1, 0.15) is 0 Å². The molecule has 0 amide bonds. The van der Waals surface area contributed by atoms with Crippen LogP contribution in [0.1, 0.15) is 37.3 Å². The molecule has 5 nitrogen and oxygen atoms in total. The van der Waals surface area contributed by atoms with Crippen LogP contribution in [0.4, 0.5) is 0 Å². The second kappa shape index (κ2) is 6.44. The fraction of sp³-hybridized carbons (Fsp3) is 0.647. The van der Waals surface area contributed by atoms with Gasteiger partial charge in [-0.15, -0.1) is 0 Å². The molecule has 0 aromatic heterocycles. The normalized spacial score (nSPS) is 32.4. The first-order chi connectivity index (χ1) is 10.6. The Morgan fingerprint density at radius 1 is 1.18 bits per heavy atom. The lowest BCUT2D eigenvalue weighted by molar-refractivity contribution is -0.0261. The van der Waals surface area contributed by atoms with E-state index in [9.17, 15) is 5.11 Å². The van der Waals surface area contributed by atoms with Crippen molar-refractivity contribution in [1.82, 2.24) is 4.90 Å². The summed E-state index contributed by atoms with van der Waals surface area (Å²) in [5.41, 5.74) is 7.46. The van der Waals surface area contributed by atoms with E-state index in [4.69, 9.17) is 15.2 Å². The molecule has 3 N–H and O–H groups in total. The smallest absolute Gasteiger partial charge is 0.161 e. The van der Waals surface area contributed by atoms with Gasteiger partial charge in [0.25, 0.3) is 0 Å². The molecule has 1 aromatic rings. The molecule has 2 saturated heterocycles. The summed E-state index contributed by atoms with van der Waals surface area (Å²) in [6.45, 7) is 1.05. The van der Waals surface area contributed by atoms with E-state index in [1.807, 2.05) is 12.1 Å². The van der Waals surface area contributed by atoms with E-state index in [1.165, 1.54) is 0 Å². The van der Waals surface area contributed by atoms with E-state index in [0.29, 0.717) is 0 Å². The maximum Gasteiger partial charge on any atom is 0.161 e. The van der Waals surface area contributed by atoms with Crippen molar-refractivity contribution < 1.29 is 14.6 Å². The molecule has 22 heavy (non-hydrogen) atoms. The van der Waals surface area contributed by atoms with Crippen LogP contribution >= 0.6 is 0 Å². The first-order valence-electron chi connectivity index (χ1n) is 8.05. The summed E-state index contributed by atoms with van der Waals surface area (Å²) >= 11 is 0. The second-order valence-electron chi connectivity index (χ2n) is 6.37. The van der Waals surface area contributed by atoms with Gasteiger partial charge in [0.15, 0.2) is 11.5 Å². The summed E-state index contributed by atoms with van der Waals surface area (Å²) in [6.07, 6.45) is 3.41. The molecule has 2 heterocycles. The van der Waals surface area contributed by atoms with Crippen LogP contribution in [0.15, 0.2) is 18.2 Å². The minimum absolute atomic E-state index is 0.159. The predicted molar refractivity (Wildman–Crippen MR) is 85.2 cm³/mol. The molecule has 1 aromatic carbocycles. The summed E-state index contributed by atoms with van der Waals surface area (Å²) in [4.78, 5) is 2.47. The average molecular weight is 306 g/mol. The van der Waals surface area contributed by atoms with E-state index in [1.54, 1.807) is 14.2 Å². The molecule has 0 aliphatic carbocycles. The zero-order valence-electron chi connectivity index (χ0n) is 13.4. The van der Waals surface area contributed by atoms with E-state index >= 15 is 0 Å². The summed E-state index contributed by atoms with van der Waals surface area (Å²) in [6, 6.07) is 6.66. The Balaban J connectivity index is 1.91. The number of hydrogen-bond acceptors (Lipinski definition) is 5. The molecule has 5 heteroatoms. The Kier molecular flexibility index (Phi) is 4.57. The Hall–Kier alpha value is -1.30. The van der Waals surface area contributed by atoms with Crippen LogP contribution in [0.5, 0.6) is 11.5 Å². The number of hydrogen-bond donors (Lipinski definition) is 2. The zero-order valence-corrected chi connectivity index (χ0v) is 13.4. The number of nitrogens with two attached hydrogens (primary N) is 1. The molecule has 2 fully saturated rings. The highest BCUT2D eigenvalue weighted by molar-refractivity contribution is 5.44. The number of aliphatic hydroxyl groups excluding tert-OH is 1. The van der Waals surface area contributed by atoms with Gasteiger partial charge in [0.2, 0.25) is 0 Å². The lowest BCUT2D eigenvalue weighted by atomic mass is 9.82. The van der Waals surface area contributed by atoms with Crippen LogP contribution in [0.3, 0.4) is 0 Å². The highest BCUT2D eigenvalue weighted by atomic mass is 16.5. The lowest BCUT2D eigenvalue weighted by Crippen LogP contribution is -2.57. The first kappa shape index (κ1) is 15.6. The molecular formula is C17H26N2O3. The van der Waals surface area contributed by atoms with Crippen LogP contribution in [0, 0.1) is 0 Å². The Bertz CT molecular complexity index is 523. The maximum atomic E-state index is 10.3. The molecule has 0 saturated carbocycles. The topological polar surface area (TPSA) is 68.0 Å². The molecule has 4 atom stereocenters. The van der Waals surface area contributed by atoms with E-state index in [0.717, 1.165) is 49.3 Å². The van der Waals surface area contributed by atoms with Gasteiger partial charge in [-0.25, -0.2) is 0 Å². The number of ether oxygens (including phenoxy) is 2. The number of aliphatic hydroxyl groups is 1. The number of methoxy groups -OCH3 is 2. The fourth-order valence-corrected chi connectivity index (χ4v) is 3.97. The van der Waals surface area contributed by atoms with Gasteiger partial charge >= 0.3 is 0 Å². The SMILES string of the molecule is COc1ccc([C@@H]2C[C@@H](O)C[C@@H]3[C@@H](N)CCCN32)cc1OC. The van der Waals surface area contributed by atoms with E-state index < -0.39 is 0 Å². The molecule has 0 radical (unpaired) electrons. The number of fused-ring (bicyclic) bond motifs is 1. The van der Waals surface area contributed by atoms with Gasteiger partial charge in [-0.2, -0.15) is 0 Å². The maximum absolute atomic E-state index is 10.3. The largest absolute Gasteiger partial charge is 0.493 e. The quantitative estimate of drug-likeness (QED) is 0.889. The number of piperidine rings is 2. The first-order valence-corrected chi connectivity index (χ1v) is 8.05. The molecule has 2 aliphatic rings. The van der Waals surface area contributed by atoms with Crippen molar-refractivity contribution in [2.45, 2.75) is 49.9 Å². The van der Waals surface area contributed by atoms with Gasteiger partial charge in [-0.05, 0) is 49.9 Å². The van der Waals surface area contributed by atoms with Gasteiger partial charge in [-0.3, -0.25) is 4.90 Å². The molecule has 2 aliphatic heterocycles. The lowest BCUT2D eigenvalue weighted by Gasteiger charge is -2.49. The Morgan fingerprint density at radius 2 is 1.95 bits per heavy atom. The standard InChI is InChI=1S/C17H26N2O3/c1-21-16-6-5-11(8-17(16)22-2)14-9-12(20)10-15-13(18)4-3-7-19(14)15/h5-6,8,12-15,20H,3-4,7,9-10,18H2,1-2H3/t12-,13+,14+,15-/m1/s1. The average Bonchev–Trinajstić information content (AvgIpc) is 2.54. The van der Waals surface area contributed by atoms with Gasteiger partial charge in [0.05, 0.1) is 20.3 Å². The van der Waals surface area contributed by atoms with Crippen molar-refractivity contribution in [3.8, 4) is 11.5 Å². The molecule has 0 unspecified atom stereocenters. The minimum Gasteiger partial charge on any atom is -0.493 e. The molecule has 3 rings (SSSR count). The molecule has 0 spiro atoms. The van der Waals surface area contributed by atoms with Crippen molar-refractivity contribution in [2.75, 3.05) is 20.8 Å². The summed E-state index contributed by atoms with van der Waals surface area (Å²) < 4.78 is 10.7. The van der Waals surface area contributed by atoms with Gasteiger partial charge in [0, 0.05) is 18.1 Å². The summed E-state index contributed by atoms with van der Waals surface area (Å²) in [5.74, 6) is 1.47. The predicted octanol–water partition coefficient (Wildman–Crippen LogP) is 1.69. The zero-order chi connectivity index (χ0) is 15.7. The van der Waals surface area contributed by atoms with Crippen LogP contribution in [0.2, 0.25) is 0 Å². The van der Waals surface area contributed by atoms with E-state index in [-0.39, 0.29) is 24.2 Å². The van der Waals surface area contributed by atoms with Crippen LogP contribution in [0.25, 0.3) is 0 Å². The third-order valence-electron chi connectivity index (χ3n) is 5.08. The Morgan fingerprint density at radius 3 is 2.68 bits per heavy atom. The Labute approximate surface area is 132 Å². The summed E-state index contributed by atoms with van der Waals surface area (Å²) in [5, 5.41) is 10.3. The van der Waals surface area contributed by atoms with Crippen LogP contribution < -0.4 is 15.2 Å². The highest BCUT2D eigenvalue weighted by Crippen LogP contribution is 2.40. The van der Waals surface area contributed by atoms with Crippen molar-refractivity contribution in [1.29, 1.82) is 0 Å². The van der Waals surface area contributed by atoms with Crippen molar-refractivity contribution in [3.63, 3.8) is 0 Å². The molecule has 122 valence electrons. The fourth-order valence-electron chi connectivity index (χ4n) is 3.97. The van der Waals surface area contributed by atoms with Crippen molar-refractivity contribution in [2.24, 2.45) is 5.73 Å². The van der Waals surface area contributed by atoms with Gasteiger partial charge < -0.3 is 20.3 Å². The van der Waals surface area contributed by atoms with Crippen molar-refractivity contribution >= 4 is 0 Å². The number of nitrogens with zero attached hydrogens (tertiary/aromatic N) is 1. The van der Waals surface area contributed by atoms with Crippen LogP contribution in [-0.4, -0.2) is 49.0 Å². The third kappa shape index (κ3) is 2.81. The number of benzene rings is 1. The molecular weight excluding hydrogens is 280 g/mol. The number of rotatable bonds is 3. The van der Waals surface area contributed by atoms with Crippen LogP contribution in [-0.2, 0) is 0 Å². The minimum atomic E-state index is -0.288. The summed E-state index contributed by atoms with van der Waals surface area (Å²) in [7, 11) is 3.29. The van der Waals surface area contributed by atoms with Crippen molar-refractivity contribution in [3.05, 3.63) is 23.8 Å². The highest BCUT2D eigenvalue weighted by Gasteiger charge is 2.40. The van der Waals surface area contributed by atoms with E-state index in [2.05, 4.69) is 11.0 Å². The second-order valence-corrected chi connectivity index (χ2v) is 6.37. The van der Waals surface area contributed by atoms with Gasteiger partial charge in [-0.1, -0.05) is 6.07 Å². The third-order valence-corrected chi connectivity index (χ3v) is 5.08. The molecule has 0 bridgehead atoms. The monoisotopic (exact) mass is 306 g/mol.